The van der Waals surface area contributed by atoms with E-state index in [0.29, 0.717) is 6.54 Å². The fourth-order valence-electron chi connectivity index (χ4n) is 3.04. The predicted molar refractivity (Wildman–Crippen MR) is 126 cm³/mol. The number of halogens is 1. The summed E-state index contributed by atoms with van der Waals surface area (Å²) in [5.41, 5.74) is 5.10. The Morgan fingerprint density at radius 3 is 2.50 bits per heavy atom. The number of hydrogen-bond donors (Lipinski definition) is 2. The molecule has 148 valence electrons. The van der Waals surface area contributed by atoms with Crippen LogP contribution in [0.2, 0.25) is 0 Å². The van der Waals surface area contributed by atoms with Crippen LogP contribution in [0.15, 0.2) is 65.9 Å². The molecule has 0 aliphatic heterocycles. The molecule has 3 rings (SSSR count). The Morgan fingerprint density at radius 1 is 1.04 bits per heavy atom. The molecule has 2 N–H and O–H groups in total. The molecule has 0 saturated carbocycles. The lowest BCUT2D eigenvalue weighted by molar-refractivity contribution is 0.687. The van der Waals surface area contributed by atoms with Crippen LogP contribution in [0.4, 0.5) is 0 Å². The standard InChI is InChI=1S/C22H27N5.HI/c1-17-9-10-20(18(2)13-17)14-25-22(23-3)26-15-21-24-11-12-27(21)16-19-7-5-4-6-8-19;/h4-13H,14-16H2,1-3H3,(H2,23,25,26);1H. The Kier molecular flexibility index (Phi) is 8.50. The van der Waals surface area contributed by atoms with E-state index in [-0.39, 0.29) is 24.0 Å². The van der Waals surface area contributed by atoms with Gasteiger partial charge in [-0.25, -0.2) is 4.98 Å². The quantitative estimate of drug-likeness (QED) is 0.313. The lowest BCUT2D eigenvalue weighted by atomic mass is 10.1. The normalized spacial score (nSPS) is 11.0. The highest BCUT2D eigenvalue weighted by Gasteiger charge is 2.06. The van der Waals surface area contributed by atoms with Crippen molar-refractivity contribution in [1.82, 2.24) is 20.2 Å². The summed E-state index contributed by atoms with van der Waals surface area (Å²) in [6.45, 7) is 6.42. The molecule has 0 aliphatic carbocycles. The minimum atomic E-state index is 0. The molecule has 1 heterocycles. The second kappa shape index (κ2) is 10.8. The zero-order chi connectivity index (χ0) is 19.1. The van der Waals surface area contributed by atoms with E-state index in [1.165, 1.54) is 22.3 Å². The molecule has 0 radical (unpaired) electrons. The number of rotatable bonds is 6. The van der Waals surface area contributed by atoms with Gasteiger partial charge in [0.1, 0.15) is 5.82 Å². The van der Waals surface area contributed by atoms with Gasteiger partial charge >= 0.3 is 0 Å². The zero-order valence-electron chi connectivity index (χ0n) is 16.6. The Bertz CT molecular complexity index is 902. The smallest absolute Gasteiger partial charge is 0.191 e. The Morgan fingerprint density at radius 2 is 1.79 bits per heavy atom. The SMILES string of the molecule is CN=C(NCc1ccc(C)cc1C)NCc1nccn1Cc1ccccc1.I. The molecule has 0 bridgehead atoms. The average molecular weight is 489 g/mol. The molecule has 28 heavy (non-hydrogen) atoms. The van der Waals surface area contributed by atoms with Crippen molar-refractivity contribution in [2.24, 2.45) is 4.99 Å². The lowest BCUT2D eigenvalue weighted by Crippen LogP contribution is -2.37. The first-order chi connectivity index (χ1) is 13.2. The molecule has 0 unspecified atom stereocenters. The van der Waals surface area contributed by atoms with E-state index in [1.807, 2.05) is 18.5 Å². The Balaban J connectivity index is 0.00000280. The van der Waals surface area contributed by atoms with Crippen LogP contribution in [0.25, 0.3) is 0 Å². The first-order valence-corrected chi connectivity index (χ1v) is 9.20. The van der Waals surface area contributed by atoms with Gasteiger partial charge in [-0.2, -0.15) is 0 Å². The number of hydrogen-bond acceptors (Lipinski definition) is 2. The monoisotopic (exact) mass is 489 g/mol. The molecule has 5 nitrogen and oxygen atoms in total. The molecule has 0 fully saturated rings. The predicted octanol–water partition coefficient (Wildman–Crippen LogP) is 4.03. The van der Waals surface area contributed by atoms with E-state index in [4.69, 9.17) is 0 Å². The van der Waals surface area contributed by atoms with E-state index in [0.717, 1.165) is 24.9 Å². The van der Waals surface area contributed by atoms with Crippen molar-refractivity contribution < 1.29 is 0 Å². The first-order valence-electron chi connectivity index (χ1n) is 9.20. The third-order valence-electron chi connectivity index (χ3n) is 4.58. The summed E-state index contributed by atoms with van der Waals surface area (Å²) in [7, 11) is 1.79. The second-order valence-corrected chi connectivity index (χ2v) is 6.67. The first kappa shape index (κ1) is 21.9. The maximum Gasteiger partial charge on any atom is 0.191 e. The van der Waals surface area contributed by atoms with Crippen molar-refractivity contribution in [2.75, 3.05) is 7.05 Å². The van der Waals surface area contributed by atoms with Crippen LogP contribution in [0, 0.1) is 13.8 Å². The molecule has 0 spiro atoms. The van der Waals surface area contributed by atoms with E-state index in [9.17, 15) is 0 Å². The summed E-state index contributed by atoms with van der Waals surface area (Å²) in [5.74, 6) is 1.75. The number of nitrogens with zero attached hydrogens (tertiary/aromatic N) is 3. The maximum atomic E-state index is 4.48. The molecular formula is C22H28IN5. The van der Waals surface area contributed by atoms with Gasteiger partial charge in [0.05, 0.1) is 6.54 Å². The highest BCUT2D eigenvalue weighted by molar-refractivity contribution is 14.0. The van der Waals surface area contributed by atoms with Crippen LogP contribution in [-0.2, 0) is 19.6 Å². The number of guanidine groups is 1. The molecule has 0 amide bonds. The summed E-state index contributed by atoms with van der Waals surface area (Å²) in [6, 6.07) is 16.9. The Labute approximate surface area is 184 Å². The van der Waals surface area contributed by atoms with Crippen LogP contribution >= 0.6 is 24.0 Å². The zero-order valence-corrected chi connectivity index (χ0v) is 19.0. The van der Waals surface area contributed by atoms with Crippen LogP contribution in [0.5, 0.6) is 0 Å². The van der Waals surface area contributed by atoms with Crippen molar-refractivity contribution in [3.63, 3.8) is 0 Å². The van der Waals surface area contributed by atoms with Gasteiger partial charge in [0.15, 0.2) is 5.96 Å². The van der Waals surface area contributed by atoms with Crippen LogP contribution in [0.3, 0.4) is 0 Å². The lowest BCUT2D eigenvalue weighted by Gasteiger charge is -2.14. The van der Waals surface area contributed by atoms with E-state index in [1.54, 1.807) is 7.05 Å². The van der Waals surface area contributed by atoms with Crippen molar-refractivity contribution in [2.45, 2.75) is 33.5 Å². The fraction of sp³-hybridized carbons (Fsp3) is 0.273. The summed E-state index contributed by atoms with van der Waals surface area (Å²) in [4.78, 5) is 8.80. The maximum absolute atomic E-state index is 4.48. The number of benzene rings is 2. The topological polar surface area (TPSA) is 54.2 Å². The third-order valence-corrected chi connectivity index (χ3v) is 4.58. The van der Waals surface area contributed by atoms with Crippen LogP contribution in [-0.4, -0.2) is 22.6 Å². The van der Waals surface area contributed by atoms with Crippen LogP contribution < -0.4 is 10.6 Å². The van der Waals surface area contributed by atoms with Crippen LogP contribution in [0.1, 0.15) is 28.1 Å². The highest BCUT2D eigenvalue weighted by Crippen LogP contribution is 2.10. The van der Waals surface area contributed by atoms with Gasteiger partial charge in [0, 0.05) is 32.5 Å². The number of aliphatic imine (C=N–C) groups is 1. The van der Waals surface area contributed by atoms with Gasteiger partial charge in [-0.15, -0.1) is 24.0 Å². The van der Waals surface area contributed by atoms with Gasteiger partial charge in [0.25, 0.3) is 0 Å². The largest absolute Gasteiger partial charge is 0.352 e. The minimum absolute atomic E-state index is 0. The van der Waals surface area contributed by atoms with E-state index in [2.05, 4.69) is 81.5 Å². The van der Waals surface area contributed by atoms with Crippen molar-refractivity contribution in [1.29, 1.82) is 0 Å². The number of aromatic nitrogens is 2. The van der Waals surface area contributed by atoms with Gasteiger partial charge in [-0.05, 0) is 30.5 Å². The van der Waals surface area contributed by atoms with E-state index < -0.39 is 0 Å². The molecule has 2 aromatic carbocycles. The van der Waals surface area contributed by atoms with Gasteiger partial charge in [-0.1, -0.05) is 54.1 Å². The van der Waals surface area contributed by atoms with Crippen molar-refractivity contribution in [3.05, 3.63) is 89.0 Å². The van der Waals surface area contributed by atoms with Gasteiger partial charge < -0.3 is 15.2 Å². The minimum Gasteiger partial charge on any atom is -0.352 e. The number of nitrogens with one attached hydrogen (secondary N) is 2. The molecule has 6 heteroatoms. The third kappa shape index (κ3) is 6.09. The van der Waals surface area contributed by atoms with Gasteiger partial charge in [0.2, 0.25) is 0 Å². The average Bonchev–Trinajstić information content (AvgIpc) is 3.11. The molecule has 0 atom stereocenters. The fourth-order valence-corrected chi connectivity index (χ4v) is 3.04. The molecular weight excluding hydrogens is 461 g/mol. The Hall–Kier alpha value is -2.35. The number of imidazole rings is 1. The highest BCUT2D eigenvalue weighted by atomic mass is 127. The molecule has 0 aliphatic rings. The van der Waals surface area contributed by atoms with Crippen molar-refractivity contribution >= 4 is 29.9 Å². The molecule has 1 aromatic heterocycles. The summed E-state index contributed by atoms with van der Waals surface area (Å²) < 4.78 is 2.15. The molecule has 3 aromatic rings. The summed E-state index contributed by atoms with van der Waals surface area (Å²) >= 11 is 0. The molecule has 0 saturated heterocycles. The van der Waals surface area contributed by atoms with E-state index >= 15 is 0 Å². The summed E-state index contributed by atoms with van der Waals surface area (Å²) in [6.07, 6.45) is 3.85. The van der Waals surface area contributed by atoms with Crippen molar-refractivity contribution in [3.8, 4) is 0 Å². The number of aryl methyl sites for hydroxylation is 2. The second-order valence-electron chi connectivity index (χ2n) is 6.67. The van der Waals surface area contributed by atoms with Gasteiger partial charge in [-0.3, -0.25) is 4.99 Å². The summed E-state index contributed by atoms with van der Waals surface area (Å²) in [5, 5.41) is 6.73.